The molecule has 2 aliphatic heterocycles. The van der Waals surface area contributed by atoms with Gasteiger partial charge < -0.3 is 14.8 Å². The molecule has 2 aromatic rings. The Morgan fingerprint density at radius 2 is 1.77 bits per heavy atom. The summed E-state index contributed by atoms with van der Waals surface area (Å²) in [7, 11) is 0. The van der Waals surface area contributed by atoms with Gasteiger partial charge in [-0.05, 0) is 37.6 Å². The lowest BCUT2D eigenvalue weighted by molar-refractivity contribution is -0.121. The number of nitrogens with zero attached hydrogens (tertiary/aromatic N) is 1. The summed E-state index contributed by atoms with van der Waals surface area (Å²) in [6, 6.07) is 10.5. The van der Waals surface area contributed by atoms with E-state index in [2.05, 4.69) is 5.32 Å². The minimum atomic E-state index is -0.592. The van der Waals surface area contributed by atoms with Gasteiger partial charge in [0.05, 0.1) is 12.1 Å². The van der Waals surface area contributed by atoms with Crippen molar-refractivity contribution in [3.05, 3.63) is 47.5 Å². The van der Waals surface area contributed by atoms with Crippen molar-refractivity contribution in [2.45, 2.75) is 26.3 Å². The third-order valence-electron chi connectivity index (χ3n) is 4.62. The number of benzene rings is 2. The fraction of sp³-hybridized carbons (Fsp3) is 0.300. The van der Waals surface area contributed by atoms with E-state index in [1.54, 1.807) is 12.1 Å². The Balaban J connectivity index is 1.56. The second-order valence-electron chi connectivity index (χ2n) is 6.62. The molecule has 2 heterocycles. The van der Waals surface area contributed by atoms with E-state index in [1.807, 2.05) is 38.1 Å². The number of aryl methyl sites for hydroxylation is 2. The molecule has 4 rings (SSSR count). The molecule has 0 aliphatic carbocycles. The van der Waals surface area contributed by atoms with E-state index in [0.717, 1.165) is 16.8 Å². The number of hydrogen-bond donors (Lipinski definition) is 1. The summed E-state index contributed by atoms with van der Waals surface area (Å²) in [6.07, 6.45) is 0.126. The summed E-state index contributed by atoms with van der Waals surface area (Å²) in [5.74, 6) is 0.894. The molecule has 1 saturated heterocycles. The van der Waals surface area contributed by atoms with Crippen molar-refractivity contribution in [2.75, 3.05) is 23.4 Å². The summed E-state index contributed by atoms with van der Waals surface area (Å²) in [4.78, 5) is 26.6. The van der Waals surface area contributed by atoms with E-state index in [1.165, 1.54) is 4.90 Å². The Bertz CT molecular complexity index is 893. The number of carbonyl (C=O) groups excluding carboxylic acids is 2. The molecule has 2 aromatic carbocycles. The van der Waals surface area contributed by atoms with Crippen LogP contribution < -0.4 is 19.7 Å². The molecule has 6 heteroatoms. The van der Waals surface area contributed by atoms with Gasteiger partial charge >= 0.3 is 0 Å². The maximum Gasteiger partial charge on any atom is 0.256 e. The molecule has 0 bridgehead atoms. The molecule has 1 fully saturated rings. The highest BCUT2D eigenvalue weighted by Crippen LogP contribution is 2.34. The Labute approximate surface area is 151 Å². The van der Waals surface area contributed by atoms with Crippen molar-refractivity contribution in [3.63, 3.8) is 0 Å². The van der Waals surface area contributed by atoms with Crippen LogP contribution in [0.5, 0.6) is 11.5 Å². The summed E-state index contributed by atoms with van der Waals surface area (Å²) in [5.41, 5.74) is 3.38. The molecule has 1 atom stereocenters. The van der Waals surface area contributed by atoms with Gasteiger partial charge in [0.25, 0.3) is 5.91 Å². The lowest BCUT2D eigenvalue weighted by Gasteiger charge is -2.21. The second-order valence-corrected chi connectivity index (χ2v) is 6.62. The van der Waals surface area contributed by atoms with E-state index in [4.69, 9.17) is 9.47 Å². The van der Waals surface area contributed by atoms with Gasteiger partial charge in [-0.15, -0.1) is 0 Å². The molecule has 2 aliphatic rings. The molecule has 0 aromatic heterocycles. The minimum Gasteiger partial charge on any atom is -0.486 e. The zero-order chi connectivity index (χ0) is 18.3. The highest BCUT2D eigenvalue weighted by molar-refractivity contribution is 6.23. The van der Waals surface area contributed by atoms with Crippen LogP contribution in [-0.4, -0.2) is 31.1 Å². The monoisotopic (exact) mass is 352 g/mol. The quantitative estimate of drug-likeness (QED) is 0.861. The van der Waals surface area contributed by atoms with Crippen molar-refractivity contribution in [1.82, 2.24) is 0 Å². The average Bonchev–Trinajstić information content (AvgIpc) is 2.89. The predicted molar refractivity (Wildman–Crippen MR) is 97.9 cm³/mol. The normalized spacial score (nSPS) is 19.0. The third kappa shape index (κ3) is 2.87. The Morgan fingerprint density at radius 3 is 2.54 bits per heavy atom. The highest BCUT2D eigenvalue weighted by Gasteiger charge is 2.40. The fourth-order valence-corrected chi connectivity index (χ4v) is 3.39. The number of rotatable bonds is 3. The number of anilines is 2. The molecule has 0 radical (unpaired) electrons. The van der Waals surface area contributed by atoms with Crippen LogP contribution >= 0.6 is 0 Å². The smallest absolute Gasteiger partial charge is 0.256 e. The van der Waals surface area contributed by atoms with Gasteiger partial charge in [0.15, 0.2) is 11.5 Å². The fourth-order valence-electron chi connectivity index (χ4n) is 3.39. The second kappa shape index (κ2) is 6.37. The van der Waals surface area contributed by atoms with Crippen molar-refractivity contribution < 1.29 is 19.1 Å². The topological polar surface area (TPSA) is 67.9 Å². The van der Waals surface area contributed by atoms with Crippen molar-refractivity contribution in [1.29, 1.82) is 0 Å². The molecule has 2 amide bonds. The predicted octanol–water partition coefficient (Wildman–Crippen LogP) is 2.82. The number of nitrogens with one attached hydrogen (secondary N) is 1. The van der Waals surface area contributed by atoms with Gasteiger partial charge in [0.2, 0.25) is 5.91 Å². The van der Waals surface area contributed by atoms with Gasteiger partial charge in [-0.2, -0.15) is 0 Å². The maximum absolute atomic E-state index is 12.8. The van der Waals surface area contributed by atoms with Crippen LogP contribution in [0.3, 0.4) is 0 Å². The average molecular weight is 352 g/mol. The lowest BCUT2D eigenvalue weighted by atomic mass is 10.1. The first-order valence-electron chi connectivity index (χ1n) is 8.63. The van der Waals surface area contributed by atoms with E-state index < -0.39 is 6.04 Å². The van der Waals surface area contributed by atoms with E-state index >= 15 is 0 Å². The molecule has 26 heavy (non-hydrogen) atoms. The van der Waals surface area contributed by atoms with E-state index in [0.29, 0.717) is 30.4 Å². The van der Waals surface area contributed by atoms with Gasteiger partial charge in [0.1, 0.15) is 19.3 Å². The summed E-state index contributed by atoms with van der Waals surface area (Å²) >= 11 is 0. The van der Waals surface area contributed by atoms with Crippen LogP contribution in [-0.2, 0) is 9.59 Å². The molecule has 134 valence electrons. The lowest BCUT2D eigenvalue weighted by Crippen LogP contribution is -2.35. The number of amides is 2. The largest absolute Gasteiger partial charge is 0.486 e. The number of fused-ring (bicyclic) bond motifs is 1. The van der Waals surface area contributed by atoms with Crippen molar-refractivity contribution in [3.8, 4) is 11.5 Å². The first kappa shape index (κ1) is 16.4. The van der Waals surface area contributed by atoms with Crippen LogP contribution in [0.2, 0.25) is 0 Å². The van der Waals surface area contributed by atoms with Crippen molar-refractivity contribution >= 4 is 23.2 Å². The van der Waals surface area contributed by atoms with E-state index in [9.17, 15) is 9.59 Å². The number of ether oxygens (including phenoxy) is 2. The van der Waals surface area contributed by atoms with Crippen LogP contribution in [0.25, 0.3) is 0 Å². The van der Waals surface area contributed by atoms with Crippen molar-refractivity contribution in [2.24, 2.45) is 0 Å². The highest BCUT2D eigenvalue weighted by atomic mass is 16.6. The summed E-state index contributed by atoms with van der Waals surface area (Å²) < 4.78 is 11.1. The van der Waals surface area contributed by atoms with Crippen LogP contribution in [0, 0.1) is 13.8 Å². The zero-order valence-electron chi connectivity index (χ0n) is 14.7. The number of imide groups is 1. The standard InChI is InChI=1S/C20H20N2O4/c1-12-3-5-16(13(2)9-12)22-19(23)11-15(20(22)24)21-14-4-6-17-18(10-14)26-8-7-25-17/h3-6,9-10,15,21H,7-8,11H2,1-2H3. The van der Waals surface area contributed by atoms with Gasteiger partial charge in [-0.1, -0.05) is 17.7 Å². The Kier molecular flexibility index (Phi) is 4.03. The molecule has 1 N–H and O–H groups in total. The number of carbonyl (C=O) groups is 2. The summed E-state index contributed by atoms with van der Waals surface area (Å²) in [6.45, 7) is 4.92. The molecule has 6 nitrogen and oxygen atoms in total. The first-order valence-corrected chi connectivity index (χ1v) is 8.63. The SMILES string of the molecule is Cc1ccc(N2C(=O)CC(Nc3ccc4c(c3)OCCO4)C2=O)c(C)c1. The third-order valence-corrected chi connectivity index (χ3v) is 4.62. The van der Waals surface area contributed by atoms with Crippen LogP contribution in [0.1, 0.15) is 17.5 Å². The van der Waals surface area contributed by atoms with E-state index in [-0.39, 0.29) is 18.2 Å². The van der Waals surface area contributed by atoms with Crippen LogP contribution in [0.15, 0.2) is 36.4 Å². The Hall–Kier alpha value is -3.02. The van der Waals surface area contributed by atoms with Gasteiger partial charge in [0, 0.05) is 11.8 Å². The summed E-state index contributed by atoms with van der Waals surface area (Å²) in [5, 5.41) is 3.15. The minimum absolute atomic E-state index is 0.126. The maximum atomic E-state index is 12.8. The van der Waals surface area contributed by atoms with Crippen LogP contribution in [0.4, 0.5) is 11.4 Å². The first-order chi connectivity index (χ1) is 12.5. The Morgan fingerprint density at radius 1 is 1.00 bits per heavy atom. The molecule has 0 saturated carbocycles. The molecular formula is C20H20N2O4. The number of hydrogen-bond acceptors (Lipinski definition) is 5. The van der Waals surface area contributed by atoms with Gasteiger partial charge in [-0.3, -0.25) is 9.59 Å². The zero-order valence-corrected chi connectivity index (χ0v) is 14.7. The molecule has 0 spiro atoms. The van der Waals surface area contributed by atoms with Gasteiger partial charge in [-0.25, -0.2) is 4.90 Å². The molecule has 1 unspecified atom stereocenters. The molecular weight excluding hydrogens is 332 g/mol.